The summed E-state index contributed by atoms with van der Waals surface area (Å²) in [6.45, 7) is 6.96. The van der Waals surface area contributed by atoms with Gasteiger partial charge in [-0.05, 0) is 45.2 Å². The van der Waals surface area contributed by atoms with Crippen LogP contribution in [0, 0.1) is 5.92 Å². The molecule has 0 aliphatic carbocycles. The van der Waals surface area contributed by atoms with Crippen LogP contribution in [0.4, 0.5) is 0 Å². The first-order chi connectivity index (χ1) is 8.01. The molecule has 1 rings (SSSR count). The molecule has 1 aliphatic rings. The van der Waals surface area contributed by atoms with Crippen molar-refractivity contribution in [3.8, 4) is 0 Å². The Kier molecular flexibility index (Phi) is 5.40. The average Bonchev–Trinajstić information content (AvgIpc) is 2.35. The molecule has 1 unspecified atom stereocenters. The minimum Gasteiger partial charge on any atom is -0.354 e. The summed E-state index contributed by atoms with van der Waals surface area (Å²) in [5, 5.41) is 3.02. The molecule has 0 bridgehead atoms. The summed E-state index contributed by atoms with van der Waals surface area (Å²) in [7, 11) is 2.14. The standard InChI is InChI=1S/C13H27N3O/c1-4-13(14,5-2)12(17)15-9-11-7-6-8-16(3)10-11/h11H,4-10,14H2,1-3H3,(H,15,17). The Morgan fingerprint density at radius 3 is 2.65 bits per heavy atom. The zero-order valence-electron chi connectivity index (χ0n) is 11.5. The fourth-order valence-electron chi connectivity index (χ4n) is 2.42. The van der Waals surface area contributed by atoms with E-state index in [-0.39, 0.29) is 5.91 Å². The first-order valence-electron chi connectivity index (χ1n) is 6.77. The monoisotopic (exact) mass is 241 g/mol. The first-order valence-corrected chi connectivity index (χ1v) is 6.77. The number of nitrogens with two attached hydrogens (primary N) is 1. The van der Waals surface area contributed by atoms with Crippen LogP contribution in [0.5, 0.6) is 0 Å². The van der Waals surface area contributed by atoms with Crippen molar-refractivity contribution in [1.82, 2.24) is 10.2 Å². The van der Waals surface area contributed by atoms with Gasteiger partial charge in [-0.15, -0.1) is 0 Å². The second kappa shape index (κ2) is 6.36. The summed E-state index contributed by atoms with van der Waals surface area (Å²) in [4.78, 5) is 14.3. The van der Waals surface area contributed by atoms with Gasteiger partial charge in [0.2, 0.25) is 5.91 Å². The van der Waals surface area contributed by atoms with E-state index in [2.05, 4.69) is 17.3 Å². The van der Waals surface area contributed by atoms with Crippen LogP contribution in [0.15, 0.2) is 0 Å². The molecule has 4 heteroatoms. The van der Waals surface area contributed by atoms with Gasteiger partial charge in [-0.1, -0.05) is 13.8 Å². The fourth-order valence-corrected chi connectivity index (χ4v) is 2.42. The van der Waals surface area contributed by atoms with Gasteiger partial charge in [0.1, 0.15) is 0 Å². The summed E-state index contributed by atoms with van der Waals surface area (Å²) in [5.41, 5.74) is 5.38. The Bertz CT molecular complexity index is 251. The maximum absolute atomic E-state index is 12.0. The number of carbonyl (C=O) groups is 1. The Morgan fingerprint density at radius 1 is 1.47 bits per heavy atom. The number of rotatable bonds is 5. The van der Waals surface area contributed by atoms with E-state index in [0.717, 1.165) is 13.1 Å². The van der Waals surface area contributed by atoms with E-state index in [4.69, 9.17) is 5.73 Å². The smallest absolute Gasteiger partial charge is 0.240 e. The number of hydrogen-bond acceptors (Lipinski definition) is 3. The van der Waals surface area contributed by atoms with E-state index in [9.17, 15) is 4.79 Å². The molecular weight excluding hydrogens is 214 g/mol. The van der Waals surface area contributed by atoms with Crippen LogP contribution < -0.4 is 11.1 Å². The van der Waals surface area contributed by atoms with E-state index < -0.39 is 5.54 Å². The van der Waals surface area contributed by atoms with Crippen LogP contribution in [0.2, 0.25) is 0 Å². The van der Waals surface area contributed by atoms with E-state index in [0.29, 0.717) is 18.8 Å². The molecule has 100 valence electrons. The third-order valence-electron chi connectivity index (χ3n) is 3.99. The van der Waals surface area contributed by atoms with Gasteiger partial charge >= 0.3 is 0 Å². The highest BCUT2D eigenvalue weighted by molar-refractivity contribution is 5.85. The molecule has 3 N–H and O–H groups in total. The minimum absolute atomic E-state index is 0.00993. The topological polar surface area (TPSA) is 58.4 Å². The molecule has 0 aromatic carbocycles. The van der Waals surface area contributed by atoms with Crippen molar-refractivity contribution >= 4 is 5.91 Å². The number of amides is 1. The lowest BCUT2D eigenvalue weighted by molar-refractivity contribution is -0.126. The Labute approximate surface area is 105 Å². The molecule has 0 aromatic rings. The van der Waals surface area contributed by atoms with E-state index in [1.807, 2.05) is 13.8 Å². The van der Waals surface area contributed by atoms with Crippen molar-refractivity contribution in [3.05, 3.63) is 0 Å². The third kappa shape index (κ3) is 3.96. The molecule has 0 aromatic heterocycles. The normalized spacial score (nSPS) is 22.5. The van der Waals surface area contributed by atoms with Crippen LogP contribution in [0.1, 0.15) is 39.5 Å². The van der Waals surface area contributed by atoms with Crippen LogP contribution in [-0.2, 0) is 4.79 Å². The largest absolute Gasteiger partial charge is 0.354 e. The van der Waals surface area contributed by atoms with Gasteiger partial charge in [-0.25, -0.2) is 0 Å². The summed E-state index contributed by atoms with van der Waals surface area (Å²) in [5.74, 6) is 0.589. The summed E-state index contributed by atoms with van der Waals surface area (Å²) in [6, 6.07) is 0. The molecule has 1 saturated heterocycles. The zero-order valence-corrected chi connectivity index (χ0v) is 11.5. The fraction of sp³-hybridized carbons (Fsp3) is 0.923. The number of carbonyl (C=O) groups excluding carboxylic acids is 1. The predicted octanol–water partition coefficient (Wildman–Crippen LogP) is 0.962. The quantitative estimate of drug-likeness (QED) is 0.754. The molecular formula is C13H27N3O. The van der Waals surface area contributed by atoms with Gasteiger partial charge in [0.05, 0.1) is 5.54 Å². The van der Waals surface area contributed by atoms with Crippen molar-refractivity contribution in [1.29, 1.82) is 0 Å². The maximum atomic E-state index is 12.0. The molecule has 17 heavy (non-hydrogen) atoms. The lowest BCUT2D eigenvalue weighted by Crippen LogP contribution is -2.54. The Morgan fingerprint density at radius 2 is 2.12 bits per heavy atom. The predicted molar refractivity (Wildman–Crippen MR) is 70.7 cm³/mol. The average molecular weight is 241 g/mol. The van der Waals surface area contributed by atoms with Crippen molar-refractivity contribution in [2.24, 2.45) is 11.7 Å². The summed E-state index contributed by atoms with van der Waals surface area (Å²) in [6.07, 6.45) is 3.83. The zero-order chi connectivity index (χ0) is 12.9. The van der Waals surface area contributed by atoms with E-state index in [1.165, 1.54) is 19.4 Å². The molecule has 0 saturated carbocycles. The molecule has 1 heterocycles. The van der Waals surface area contributed by atoms with Gasteiger partial charge in [0.15, 0.2) is 0 Å². The first kappa shape index (κ1) is 14.5. The molecule has 1 aliphatic heterocycles. The minimum atomic E-state index is -0.680. The Hall–Kier alpha value is -0.610. The highest BCUT2D eigenvalue weighted by Gasteiger charge is 2.30. The number of hydrogen-bond donors (Lipinski definition) is 2. The van der Waals surface area contributed by atoms with Crippen molar-refractivity contribution < 1.29 is 4.79 Å². The molecule has 4 nitrogen and oxygen atoms in total. The van der Waals surface area contributed by atoms with E-state index >= 15 is 0 Å². The second-order valence-corrected chi connectivity index (χ2v) is 5.34. The number of likely N-dealkylation sites (tertiary alicyclic amines) is 1. The van der Waals surface area contributed by atoms with Gasteiger partial charge in [-0.2, -0.15) is 0 Å². The number of piperidine rings is 1. The summed E-state index contributed by atoms with van der Waals surface area (Å²) >= 11 is 0. The molecule has 0 radical (unpaired) electrons. The molecule has 1 atom stereocenters. The van der Waals surface area contributed by atoms with Gasteiger partial charge in [-0.3, -0.25) is 4.79 Å². The Balaban J connectivity index is 2.37. The molecule has 1 fully saturated rings. The lowest BCUT2D eigenvalue weighted by Gasteiger charge is -2.31. The molecule has 0 spiro atoms. The highest BCUT2D eigenvalue weighted by Crippen LogP contribution is 2.15. The van der Waals surface area contributed by atoms with Gasteiger partial charge in [0, 0.05) is 13.1 Å². The van der Waals surface area contributed by atoms with Crippen LogP contribution in [-0.4, -0.2) is 43.0 Å². The SMILES string of the molecule is CCC(N)(CC)C(=O)NCC1CCCN(C)C1. The maximum Gasteiger partial charge on any atom is 0.240 e. The van der Waals surface area contributed by atoms with Crippen molar-refractivity contribution in [2.45, 2.75) is 45.1 Å². The number of nitrogens with one attached hydrogen (secondary N) is 1. The highest BCUT2D eigenvalue weighted by atomic mass is 16.2. The van der Waals surface area contributed by atoms with Crippen molar-refractivity contribution in [2.75, 3.05) is 26.7 Å². The van der Waals surface area contributed by atoms with E-state index in [1.54, 1.807) is 0 Å². The molecule has 1 amide bonds. The van der Waals surface area contributed by atoms with Gasteiger partial charge < -0.3 is 16.0 Å². The van der Waals surface area contributed by atoms with Gasteiger partial charge in [0.25, 0.3) is 0 Å². The number of nitrogens with zero attached hydrogens (tertiary/aromatic N) is 1. The van der Waals surface area contributed by atoms with Crippen LogP contribution in [0.25, 0.3) is 0 Å². The second-order valence-electron chi connectivity index (χ2n) is 5.34. The van der Waals surface area contributed by atoms with Crippen LogP contribution in [0.3, 0.4) is 0 Å². The van der Waals surface area contributed by atoms with Crippen LogP contribution >= 0.6 is 0 Å². The third-order valence-corrected chi connectivity index (χ3v) is 3.99. The summed E-state index contributed by atoms with van der Waals surface area (Å²) < 4.78 is 0. The van der Waals surface area contributed by atoms with Crippen molar-refractivity contribution in [3.63, 3.8) is 0 Å². The lowest BCUT2D eigenvalue weighted by atomic mass is 9.92.